The van der Waals surface area contributed by atoms with Gasteiger partial charge in [0.15, 0.2) is 0 Å². The van der Waals surface area contributed by atoms with Gasteiger partial charge in [-0.3, -0.25) is 0 Å². The number of halogens is 3. The second-order valence-corrected chi connectivity index (χ2v) is 4.41. The van der Waals surface area contributed by atoms with Gasteiger partial charge in [-0.15, -0.1) is 0 Å². The van der Waals surface area contributed by atoms with Gasteiger partial charge in [-0.1, -0.05) is 12.8 Å². The Morgan fingerprint density at radius 3 is 2.25 bits per heavy atom. The average molecular weight is 229 g/mol. The molecule has 0 bridgehead atoms. The second-order valence-electron chi connectivity index (χ2n) is 4.41. The van der Waals surface area contributed by atoms with Gasteiger partial charge in [-0.05, 0) is 18.8 Å². The average Bonchev–Trinajstić information content (AvgIpc) is 2.96. The molecule has 0 amide bonds. The zero-order valence-electron chi connectivity index (χ0n) is 8.85. The maximum absolute atomic E-state index is 13.3. The molecule has 1 aromatic rings. The number of benzene rings is 1. The zero-order valence-corrected chi connectivity index (χ0v) is 8.85. The molecule has 0 aromatic heterocycles. The van der Waals surface area contributed by atoms with Crippen LogP contribution in [0.2, 0.25) is 0 Å². The van der Waals surface area contributed by atoms with Crippen LogP contribution in [0, 0.1) is 23.4 Å². The van der Waals surface area contributed by atoms with Gasteiger partial charge in [0.25, 0.3) is 0 Å². The Labute approximate surface area is 92.5 Å². The topological polar surface area (TPSA) is 26.0 Å². The van der Waals surface area contributed by atoms with E-state index in [1.807, 2.05) is 0 Å². The molecule has 2 rings (SSSR count). The van der Waals surface area contributed by atoms with E-state index in [0.29, 0.717) is 24.5 Å². The molecule has 0 saturated heterocycles. The third kappa shape index (κ3) is 2.55. The van der Waals surface area contributed by atoms with Gasteiger partial charge < -0.3 is 5.73 Å². The SMILES string of the molecule is NC(CCC1CC1)c1c(F)cc(F)cc1F. The minimum atomic E-state index is -0.909. The third-order valence-electron chi connectivity index (χ3n) is 3.00. The lowest BCUT2D eigenvalue weighted by Crippen LogP contribution is -2.15. The fourth-order valence-electron chi connectivity index (χ4n) is 1.87. The van der Waals surface area contributed by atoms with E-state index in [-0.39, 0.29) is 5.56 Å². The highest BCUT2D eigenvalue weighted by Crippen LogP contribution is 2.36. The van der Waals surface area contributed by atoms with Crippen LogP contribution in [0.25, 0.3) is 0 Å². The number of hydrogen-bond donors (Lipinski definition) is 1. The molecule has 88 valence electrons. The van der Waals surface area contributed by atoms with Gasteiger partial charge in [-0.2, -0.15) is 0 Å². The fourth-order valence-corrected chi connectivity index (χ4v) is 1.87. The van der Waals surface area contributed by atoms with Crippen molar-refractivity contribution in [1.29, 1.82) is 0 Å². The predicted molar refractivity (Wildman–Crippen MR) is 55.2 cm³/mol. The van der Waals surface area contributed by atoms with Crippen LogP contribution >= 0.6 is 0 Å². The van der Waals surface area contributed by atoms with Crippen molar-refractivity contribution >= 4 is 0 Å². The van der Waals surface area contributed by atoms with Crippen molar-refractivity contribution < 1.29 is 13.2 Å². The molecule has 1 atom stereocenters. The monoisotopic (exact) mass is 229 g/mol. The summed E-state index contributed by atoms with van der Waals surface area (Å²) >= 11 is 0. The molecule has 1 aliphatic carbocycles. The van der Waals surface area contributed by atoms with Crippen molar-refractivity contribution in [1.82, 2.24) is 0 Å². The second kappa shape index (κ2) is 4.45. The minimum Gasteiger partial charge on any atom is -0.324 e. The Morgan fingerprint density at radius 1 is 1.19 bits per heavy atom. The van der Waals surface area contributed by atoms with Crippen LogP contribution in [0.4, 0.5) is 13.2 Å². The van der Waals surface area contributed by atoms with E-state index in [0.717, 1.165) is 6.42 Å². The van der Waals surface area contributed by atoms with Crippen LogP contribution in [-0.2, 0) is 0 Å². The molecular formula is C12H14F3N. The van der Waals surface area contributed by atoms with Crippen molar-refractivity contribution in [3.8, 4) is 0 Å². The van der Waals surface area contributed by atoms with E-state index in [9.17, 15) is 13.2 Å². The summed E-state index contributed by atoms with van der Waals surface area (Å²) < 4.78 is 39.4. The van der Waals surface area contributed by atoms with Gasteiger partial charge >= 0.3 is 0 Å². The molecule has 0 radical (unpaired) electrons. The maximum atomic E-state index is 13.3. The molecule has 1 fully saturated rings. The summed E-state index contributed by atoms with van der Waals surface area (Å²) in [6.07, 6.45) is 3.80. The van der Waals surface area contributed by atoms with Gasteiger partial charge in [0, 0.05) is 23.7 Å². The highest BCUT2D eigenvalue weighted by molar-refractivity contribution is 5.23. The molecule has 1 unspecified atom stereocenters. The molecular weight excluding hydrogens is 215 g/mol. The lowest BCUT2D eigenvalue weighted by atomic mass is 10.00. The van der Waals surface area contributed by atoms with Crippen molar-refractivity contribution in [2.75, 3.05) is 0 Å². The van der Waals surface area contributed by atoms with Crippen molar-refractivity contribution in [2.24, 2.45) is 11.7 Å². The lowest BCUT2D eigenvalue weighted by Gasteiger charge is -2.13. The minimum absolute atomic E-state index is 0.193. The Balaban J connectivity index is 2.11. The highest BCUT2D eigenvalue weighted by atomic mass is 19.1. The van der Waals surface area contributed by atoms with E-state index in [1.54, 1.807) is 0 Å². The van der Waals surface area contributed by atoms with Crippen LogP contribution in [0.15, 0.2) is 12.1 Å². The summed E-state index contributed by atoms with van der Waals surface area (Å²) in [6, 6.07) is 0.673. The Kier molecular flexibility index (Phi) is 3.19. The van der Waals surface area contributed by atoms with Crippen LogP contribution in [0.1, 0.15) is 37.3 Å². The molecule has 0 heterocycles. The number of rotatable bonds is 4. The summed E-state index contributed by atoms with van der Waals surface area (Å²) in [5.41, 5.74) is 5.53. The van der Waals surface area contributed by atoms with E-state index < -0.39 is 23.5 Å². The predicted octanol–water partition coefficient (Wildman–Crippen LogP) is 3.29. The van der Waals surface area contributed by atoms with E-state index in [2.05, 4.69) is 0 Å². The molecule has 0 aliphatic heterocycles. The van der Waals surface area contributed by atoms with Crippen LogP contribution in [0.5, 0.6) is 0 Å². The molecule has 1 nitrogen and oxygen atoms in total. The zero-order chi connectivity index (χ0) is 11.7. The number of nitrogens with two attached hydrogens (primary N) is 1. The Bertz CT molecular complexity index is 365. The van der Waals surface area contributed by atoms with Gasteiger partial charge in [0.05, 0.1) is 0 Å². The summed E-state index contributed by atoms with van der Waals surface area (Å²) in [6.45, 7) is 0. The molecule has 4 heteroatoms. The first kappa shape index (κ1) is 11.5. The molecule has 1 aliphatic rings. The standard InChI is InChI=1S/C12H14F3N/c13-8-5-9(14)12(10(15)6-8)11(16)4-3-7-1-2-7/h5-7,11H,1-4,16H2. The molecule has 2 N–H and O–H groups in total. The van der Waals surface area contributed by atoms with Crippen LogP contribution in [0.3, 0.4) is 0 Å². The van der Waals surface area contributed by atoms with Gasteiger partial charge in [0.2, 0.25) is 0 Å². The van der Waals surface area contributed by atoms with Crippen LogP contribution in [-0.4, -0.2) is 0 Å². The normalized spacial score (nSPS) is 17.5. The quantitative estimate of drug-likeness (QED) is 0.842. The Hall–Kier alpha value is -1.03. The largest absolute Gasteiger partial charge is 0.324 e. The first-order chi connectivity index (χ1) is 7.58. The van der Waals surface area contributed by atoms with Crippen molar-refractivity contribution in [3.05, 3.63) is 35.1 Å². The molecule has 1 saturated carbocycles. The molecule has 0 spiro atoms. The molecule has 16 heavy (non-hydrogen) atoms. The van der Waals surface area contributed by atoms with E-state index >= 15 is 0 Å². The third-order valence-corrected chi connectivity index (χ3v) is 3.00. The van der Waals surface area contributed by atoms with Crippen molar-refractivity contribution in [2.45, 2.75) is 31.7 Å². The number of hydrogen-bond acceptors (Lipinski definition) is 1. The fraction of sp³-hybridized carbons (Fsp3) is 0.500. The molecule has 1 aromatic carbocycles. The first-order valence-corrected chi connectivity index (χ1v) is 5.48. The Morgan fingerprint density at radius 2 is 1.75 bits per heavy atom. The maximum Gasteiger partial charge on any atom is 0.133 e. The summed E-state index contributed by atoms with van der Waals surface area (Å²) in [4.78, 5) is 0. The summed E-state index contributed by atoms with van der Waals surface area (Å²) in [7, 11) is 0. The van der Waals surface area contributed by atoms with Gasteiger partial charge in [0.1, 0.15) is 17.5 Å². The smallest absolute Gasteiger partial charge is 0.133 e. The van der Waals surface area contributed by atoms with Gasteiger partial charge in [-0.25, -0.2) is 13.2 Å². The first-order valence-electron chi connectivity index (χ1n) is 5.48. The van der Waals surface area contributed by atoms with Crippen LogP contribution < -0.4 is 5.73 Å². The highest BCUT2D eigenvalue weighted by Gasteiger charge is 2.24. The summed E-state index contributed by atoms with van der Waals surface area (Å²) in [5, 5.41) is 0. The lowest BCUT2D eigenvalue weighted by molar-refractivity contribution is 0.480. The summed E-state index contributed by atoms with van der Waals surface area (Å²) in [5.74, 6) is -2.02. The van der Waals surface area contributed by atoms with E-state index in [4.69, 9.17) is 5.73 Å². The van der Waals surface area contributed by atoms with Crippen molar-refractivity contribution in [3.63, 3.8) is 0 Å². The van der Waals surface area contributed by atoms with E-state index in [1.165, 1.54) is 12.8 Å².